The minimum Gasteiger partial charge on any atom is -0.439 e. The van der Waals surface area contributed by atoms with Gasteiger partial charge >= 0.3 is 0 Å². The highest BCUT2D eigenvalue weighted by Gasteiger charge is 2.18. The molecule has 2 N–H and O–H groups in total. The van der Waals surface area contributed by atoms with Crippen LogP contribution in [0, 0.1) is 6.92 Å². The van der Waals surface area contributed by atoms with E-state index in [-0.39, 0.29) is 6.04 Å². The third kappa shape index (κ3) is 2.61. The van der Waals surface area contributed by atoms with Crippen molar-refractivity contribution in [2.75, 3.05) is 0 Å². The smallest absolute Gasteiger partial charge is 0.262 e. The van der Waals surface area contributed by atoms with Crippen LogP contribution in [0.3, 0.4) is 0 Å². The summed E-state index contributed by atoms with van der Waals surface area (Å²) < 4.78 is 7.51. The van der Waals surface area contributed by atoms with Gasteiger partial charge in [-0.3, -0.25) is 4.40 Å². The highest BCUT2D eigenvalue weighted by molar-refractivity contribution is 7.99. The molecule has 0 radical (unpaired) electrons. The van der Waals surface area contributed by atoms with Gasteiger partial charge in [-0.1, -0.05) is 6.92 Å². The van der Waals surface area contributed by atoms with E-state index in [1.807, 2.05) is 18.5 Å². The fraction of sp³-hybridized carbons (Fsp3) is 0.385. The third-order valence-electron chi connectivity index (χ3n) is 3.09. The van der Waals surface area contributed by atoms with E-state index in [1.165, 1.54) is 11.8 Å². The molecule has 0 aromatic carbocycles. The minimum atomic E-state index is 0.139. The largest absolute Gasteiger partial charge is 0.439 e. The van der Waals surface area contributed by atoms with Gasteiger partial charge in [-0.15, -0.1) is 11.3 Å². The molecule has 0 fully saturated rings. The number of aromatic nitrogens is 3. The Labute approximate surface area is 125 Å². The number of nitrogens with zero attached hydrogens (tertiary/aromatic N) is 3. The monoisotopic (exact) mass is 308 g/mol. The van der Waals surface area contributed by atoms with Gasteiger partial charge in [-0.2, -0.15) is 0 Å². The fourth-order valence-corrected chi connectivity index (χ4v) is 3.61. The van der Waals surface area contributed by atoms with Crippen molar-refractivity contribution in [1.82, 2.24) is 14.4 Å². The van der Waals surface area contributed by atoms with Crippen molar-refractivity contribution in [3.8, 4) is 0 Å². The van der Waals surface area contributed by atoms with Crippen LogP contribution < -0.4 is 5.73 Å². The molecule has 0 saturated carbocycles. The van der Waals surface area contributed by atoms with Crippen molar-refractivity contribution >= 4 is 28.1 Å². The van der Waals surface area contributed by atoms with Gasteiger partial charge in [0, 0.05) is 24.0 Å². The predicted octanol–water partition coefficient (Wildman–Crippen LogP) is 3.12. The van der Waals surface area contributed by atoms with E-state index in [0.29, 0.717) is 5.22 Å². The van der Waals surface area contributed by atoms with E-state index in [0.717, 1.165) is 34.2 Å². The average molecular weight is 308 g/mol. The molecule has 5 nitrogen and oxygen atoms in total. The van der Waals surface area contributed by atoms with Crippen molar-refractivity contribution in [3.05, 3.63) is 29.2 Å². The summed E-state index contributed by atoms with van der Waals surface area (Å²) in [5.41, 5.74) is 8.12. The van der Waals surface area contributed by atoms with E-state index in [1.54, 1.807) is 17.6 Å². The van der Waals surface area contributed by atoms with Crippen molar-refractivity contribution in [3.63, 3.8) is 0 Å². The summed E-state index contributed by atoms with van der Waals surface area (Å²) in [7, 11) is 0. The number of oxazole rings is 1. The number of hydrogen-bond acceptors (Lipinski definition) is 6. The third-order valence-corrected chi connectivity index (χ3v) is 4.73. The molecule has 3 aromatic heterocycles. The van der Waals surface area contributed by atoms with E-state index in [4.69, 9.17) is 10.2 Å². The van der Waals surface area contributed by atoms with Crippen LogP contribution in [0.25, 0.3) is 4.96 Å². The predicted molar refractivity (Wildman–Crippen MR) is 80.4 cm³/mol. The summed E-state index contributed by atoms with van der Waals surface area (Å²) in [6.45, 7) is 4.01. The standard InChI is InChI=1S/C13H16N4OS2/c1-3-9(14)6-10-11(16-12-17(10)4-5-19-12)20-13-15-8(2)7-18-13/h4-5,7,9H,3,6,14H2,1-2H3. The summed E-state index contributed by atoms with van der Waals surface area (Å²) >= 11 is 3.08. The van der Waals surface area contributed by atoms with Gasteiger partial charge in [-0.25, -0.2) is 9.97 Å². The molecule has 0 bridgehead atoms. The zero-order valence-electron chi connectivity index (χ0n) is 11.4. The topological polar surface area (TPSA) is 69.3 Å². The number of aryl methyl sites for hydroxylation is 1. The molecule has 0 aliphatic rings. The Morgan fingerprint density at radius 3 is 3.05 bits per heavy atom. The molecule has 1 unspecified atom stereocenters. The van der Waals surface area contributed by atoms with Gasteiger partial charge in [-0.05, 0) is 25.1 Å². The van der Waals surface area contributed by atoms with Crippen LogP contribution in [0.1, 0.15) is 24.7 Å². The average Bonchev–Trinajstić information content (AvgIpc) is 3.09. The molecule has 0 amide bonds. The van der Waals surface area contributed by atoms with Gasteiger partial charge in [0.1, 0.15) is 11.3 Å². The SMILES string of the molecule is CCC(N)Cc1c(Sc2nc(C)co2)nc2sccn12. The molecular formula is C13H16N4OS2. The van der Waals surface area contributed by atoms with Crippen LogP contribution in [0.2, 0.25) is 0 Å². The summed E-state index contributed by atoms with van der Waals surface area (Å²) in [6.07, 6.45) is 5.43. The van der Waals surface area contributed by atoms with Gasteiger partial charge in [0.15, 0.2) is 4.96 Å². The number of thiazole rings is 1. The van der Waals surface area contributed by atoms with Gasteiger partial charge in [0.2, 0.25) is 0 Å². The van der Waals surface area contributed by atoms with Crippen LogP contribution >= 0.6 is 23.1 Å². The molecular weight excluding hydrogens is 292 g/mol. The van der Waals surface area contributed by atoms with Crippen LogP contribution in [0.4, 0.5) is 0 Å². The molecule has 1 atom stereocenters. The Morgan fingerprint density at radius 2 is 2.35 bits per heavy atom. The van der Waals surface area contributed by atoms with E-state index < -0.39 is 0 Å². The molecule has 3 heterocycles. The van der Waals surface area contributed by atoms with Crippen molar-refractivity contribution < 1.29 is 4.42 Å². The Hall–Kier alpha value is -1.31. The van der Waals surface area contributed by atoms with Crippen molar-refractivity contribution in [2.24, 2.45) is 5.73 Å². The quantitative estimate of drug-likeness (QED) is 0.784. The second-order valence-corrected chi connectivity index (χ2v) is 6.46. The molecule has 7 heteroatoms. The number of hydrogen-bond donors (Lipinski definition) is 1. The van der Waals surface area contributed by atoms with Crippen LogP contribution in [0.15, 0.2) is 32.5 Å². The molecule has 0 aliphatic heterocycles. The Morgan fingerprint density at radius 1 is 1.50 bits per heavy atom. The summed E-state index contributed by atoms with van der Waals surface area (Å²) in [5.74, 6) is 0. The highest BCUT2D eigenvalue weighted by atomic mass is 32.2. The second-order valence-electron chi connectivity index (χ2n) is 4.65. The normalized spacial score (nSPS) is 13.2. The Kier molecular flexibility index (Phi) is 3.82. The first-order valence-electron chi connectivity index (χ1n) is 6.47. The van der Waals surface area contributed by atoms with E-state index in [2.05, 4.69) is 21.3 Å². The summed E-state index contributed by atoms with van der Waals surface area (Å²) in [6, 6.07) is 0.139. The lowest BCUT2D eigenvalue weighted by Crippen LogP contribution is -2.22. The first kappa shape index (κ1) is 13.7. The van der Waals surface area contributed by atoms with Gasteiger partial charge in [0.05, 0.1) is 11.4 Å². The molecule has 3 aromatic rings. The number of rotatable bonds is 5. The van der Waals surface area contributed by atoms with Crippen LogP contribution in [-0.2, 0) is 6.42 Å². The van der Waals surface area contributed by atoms with Crippen molar-refractivity contribution in [1.29, 1.82) is 0 Å². The maximum Gasteiger partial charge on any atom is 0.262 e. The lowest BCUT2D eigenvalue weighted by molar-refractivity contribution is 0.453. The summed E-state index contributed by atoms with van der Waals surface area (Å²) in [5, 5.41) is 3.59. The fourth-order valence-electron chi connectivity index (χ4n) is 1.93. The molecule has 3 rings (SSSR count). The zero-order chi connectivity index (χ0) is 14.1. The van der Waals surface area contributed by atoms with Crippen LogP contribution in [0.5, 0.6) is 0 Å². The summed E-state index contributed by atoms with van der Waals surface area (Å²) in [4.78, 5) is 9.95. The minimum absolute atomic E-state index is 0.139. The Bertz CT molecular complexity index is 715. The number of imidazole rings is 1. The van der Waals surface area contributed by atoms with Gasteiger partial charge in [0.25, 0.3) is 5.22 Å². The van der Waals surface area contributed by atoms with Crippen LogP contribution in [-0.4, -0.2) is 20.4 Å². The van der Waals surface area contributed by atoms with Crippen molar-refractivity contribution in [2.45, 2.75) is 43.0 Å². The van der Waals surface area contributed by atoms with E-state index >= 15 is 0 Å². The molecule has 20 heavy (non-hydrogen) atoms. The molecule has 0 spiro atoms. The maximum atomic E-state index is 6.10. The lowest BCUT2D eigenvalue weighted by atomic mass is 10.1. The van der Waals surface area contributed by atoms with E-state index in [9.17, 15) is 0 Å². The molecule has 106 valence electrons. The number of fused-ring (bicyclic) bond motifs is 1. The first-order valence-corrected chi connectivity index (χ1v) is 8.17. The molecule has 0 saturated heterocycles. The number of nitrogens with two attached hydrogens (primary N) is 1. The Balaban J connectivity index is 1.96. The zero-order valence-corrected chi connectivity index (χ0v) is 13.0. The molecule has 0 aliphatic carbocycles. The van der Waals surface area contributed by atoms with Gasteiger partial charge < -0.3 is 10.2 Å². The lowest BCUT2D eigenvalue weighted by Gasteiger charge is -2.08. The first-order chi connectivity index (χ1) is 9.67. The maximum absolute atomic E-state index is 6.10. The second kappa shape index (κ2) is 5.59. The highest BCUT2D eigenvalue weighted by Crippen LogP contribution is 2.32.